The van der Waals surface area contributed by atoms with E-state index in [1.54, 1.807) is 23.7 Å². The van der Waals surface area contributed by atoms with E-state index in [2.05, 4.69) is 17.2 Å². The maximum Gasteiger partial charge on any atom is 0.252 e. The second kappa shape index (κ2) is 6.31. The molecule has 0 aliphatic carbocycles. The third-order valence-corrected chi connectivity index (χ3v) is 3.61. The Kier molecular flexibility index (Phi) is 4.47. The highest BCUT2D eigenvalue weighted by atomic mass is 32.1. The number of nitrogens with one attached hydrogen (secondary N) is 1. The Morgan fingerprint density at radius 2 is 2.17 bits per heavy atom. The third-order valence-electron chi connectivity index (χ3n) is 2.61. The van der Waals surface area contributed by atoms with E-state index in [1.165, 1.54) is 4.88 Å². The van der Waals surface area contributed by atoms with E-state index in [1.807, 2.05) is 23.6 Å². The van der Waals surface area contributed by atoms with Crippen LogP contribution in [0.5, 0.6) is 0 Å². The molecule has 18 heavy (non-hydrogen) atoms. The molecule has 3 nitrogen and oxygen atoms in total. The van der Waals surface area contributed by atoms with E-state index in [-0.39, 0.29) is 5.91 Å². The second-order valence-electron chi connectivity index (χ2n) is 4.09. The minimum absolute atomic E-state index is 0.00887. The molecule has 0 saturated carbocycles. The molecule has 94 valence electrons. The van der Waals surface area contributed by atoms with Crippen LogP contribution in [-0.2, 0) is 13.0 Å². The maximum absolute atomic E-state index is 11.9. The zero-order valence-electron chi connectivity index (χ0n) is 10.3. The average Bonchev–Trinajstić information content (AvgIpc) is 2.86. The van der Waals surface area contributed by atoms with Crippen LogP contribution in [0.2, 0.25) is 0 Å². The van der Waals surface area contributed by atoms with Crippen molar-refractivity contribution in [2.45, 2.75) is 26.3 Å². The predicted molar refractivity (Wildman–Crippen MR) is 73.7 cm³/mol. The maximum atomic E-state index is 11.9. The van der Waals surface area contributed by atoms with Crippen LogP contribution in [0.25, 0.3) is 0 Å². The van der Waals surface area contributed by atoms with Crippen LogP contribution < -0.4 is 5.32 Å². The molecular weight excluding hydrogens is 244 g/mol. The van der Waals surface area contributed by atoms with Gasteiger partial charge in [0.15, 0.2) is 0 Å². The molecule has 2 rings (SSSR count). The van der Waals surface area contributed by atoms with Crippen LogP contribution >= 0.6 is 11.3 Å². The van der Waals surface area contributed by atoms with Crippen molar-refractivity contribution in [1.29, 1.82) is 0 Å². The van der Waals surface area contributed by atoms with Crippen LogP contribution in [0.1, 0.15) is 34.1 Å². The van der Waals surface area contributed by atoms with Gasteiger partial charge in [0.1, 0.15) is 0 Å². The van der Waals surface area contributed by atoms with Crippen molar-refractivity contribution in [2.24, 2.45) is 0 Å². The van der Waals surface area contributed by atoms with Gasteiger partial charge in [-0.2, -0.15) is 0 Å². The molecule has 2 aromatic rings. The summed E-state index contributed by atoms with van der Waals surface area (Å²) in [4.78, 5) is 17.1. The van der Waals surface area contributed by atoms with Crippen LogP contribution in [0.3, 0.4) is 0 Å². The van der Waals surface area contributed by atoms with Gasteiger partial charge >= 0.3 is 0 Å². The highest BCUT2D eigenvalue weighted by Crippen LogP contribution is 2.16. The minimum Gasteiger partial charge on any atom is -0.348 e. The molecule has 0 spiro atoms. The van der Waals surface area contributed by atoms with Crippen molar-refractivity contribution in [1.82, 2.24) is 10.3 Å². The van der Waals surface area contributed by atoms with Crippen molar-refractivity contribution in [3.05, 3.63) is 52.0 Å². The normalized spacial score (nSPS) is 10.3. The lowest BCUT2D eigenvalue weighted by molar-refractivity contribution is 0.0951. The predicted octanol–water partition coefficient (Wildman–Crippen LogP) is 3.03. The van der Waals surface area contributed by atoms with Gasteiger partial charge in [0, 0.05) is 29.2 Å². The lowest BCUT2D eigenvalue weighted by atomic mass is 10.2. The topological polar surface area (TPSA) is 42.0 Å². The van der Waals surface area contributed by atoms with Crippen molar-refractivity contribution in [3.63, 3.8) is 0 Å². The van der Waals surface area contributed by atoms with Gasteiger partial charge in [0.2, 0.25) is 0 Å². The molecule has 0 bridgehead atoms. The van der Waals surface area contributed by atoms with Crippen molar-refractivity contribution in [2.75, 3.05) is 0 Å². The Hall–Kier alpha value is -1.68. The summed E-state index contributed by atoms with van der Waals surface area (Å²) in [5, 5.41) is 4.83. The highest BCUT2D eigenvalue weighted by molar-refractivity contribution is 7.10. The van der Waals surface area contributed by atoms with Crippen molar-refractivity contribution >= 4 is 17.2 Å². The Morgan fingerprint density at radius 3 is 2.89 bits per heavy atom. The fraction of sp³-hybridized carbons (Fsp3) is 0.286. The lowest BCUT2D eigenvalue weighted by Gasteiger charge is -2.03. The van der Waals surface area contributed by atoms with Gasteiger partial charge in [0.25, 0.3) is 5.91 Å². The smallest absolute Gasteiger partial charge is 0.252 e. The summed E-state index contributed by atoms with van der Waals surface area (Å²) in [6, 6.07) is 5.78. The molecule has 0 atom stereocenters. The Labute approximate surface area is 111 Å². The van der Waals surface area contributed by atoms with Gasteiger partial charge in [0.05, 0.1) is 5.56 Å². The quantitative estimate of drug-likeness (QED) is 0.898. The third kappa shape index (κ3) is 3.40. The summed E-state index contributed by atoms with van der Waals surface area (Å²) < 4.78 is 0. The molecule has 0 radical (unpaired) electrons. The Morgan fingerprint density at radius 1 is 1.39 bits per heavy atom. The van der Waals surface area contributed by atoms with Gasteiger partial charge in [-0.15, -0.1) is 11.3 Å². The number of hydrogen-bond donors (Lipinski definition) is 1. The van der Waals surface area contributed by atoms with Crippen LogP contribution in [-0.4, -0.2) is 10.9 Å². The molecule has 1 amide bonds. The molecule has 2 aromatic heterocycles. The summed E-state index contributed by atoms with van der Waals surface area (Å²) in [6.07, 6.45) is 5.61. The first-order valence-corrected chi connectivity index (χ1v) is 6.92. The summed E-state index contributed by atoms with van der Waals surface area (Å²) >= 11 is 1.65. The highest BCUT2D eigenvalue weighted by Gasteiger charge is 2.07. The molecule has 4 heteroatoms. The van der Waals surface area contributed by atoms with Crippen molar-refractivity contribution in [3.8, 4) is 0 Å². The number of pyridine rings is 1. The zero-order valence-corrected chi connectivity index (χ0v) is 11.2. The standard InChI is InChI=1S/C14H16N2OS/c1-2-3-13-8-12(10-18-13)14(17)16-9-11-4-6-15-7-5-11/h4-8,10H,2-3,9H2,1H3,(H,16,17). The van der Waals surface area contributed by atoms with E-state index < -0.39 is 0 Å². The number of nitrogens with zero attached hydrogens (tertiary/aromatic N) is 1. The number of amides is 1. The number of thiophene rings is 1. The molecule has 0 fully saturated rings. The van der Waals surface area contributed by atoms with Gasteiger partial charge < -0.3 is 5.32 Å². The molecule has 0 aliphatic rings. The van der Waals surface area contributed by atoms with Crippen LogP contribution in [0.4, 0.5) is 0 Å². The molecular formula is C14H16N2OS. The van der Waals surface area contributed by atoms with E-state index in [0.717, 1.165) is 24.0 Å². The first-order chi connectivity index (χ1) is 8.79. The molecule has 2 heterocycles. The van der Waals surface area contributed by atoms with Gasteiger partial charge in [-0.3, -0.25) is 9.78 Å². The summed E-state index contributed by atoms with van der Waals surface area (Å²) in [6.45, 7) is 2.68. The molecule has 0 saturated heterocycles. The second-order valence-corrected chi connectivity index (χ2v) is 5.09. The van der Waals surface area contributed by atoms with E-state index in [4.69, 9.17) is 0 Å². The number of aromatic nitrogens is 1. The molecule has 0 unspecified atom stereocenters. The molecule has 1 N–H and O–H groups in total. The molecule has 0 aromatic carbocycles. The van der Waals surface area contributed by atoms with Crippen molar-refractivity contribution < 1.29 is 4.79 Å². The first kappa shape index (κ1) is 12.8. The number of rotatable bonds is 5. The summed E-state index contributed by atoms with van der Waals surface area (Å²) in [5.74, 6) is -0.00887. The zero-order chi connectivity index (χ0) is 12.8. The van der Waals surface area contributed by atoms with E-state index in [9.17, 15) is 4.79 Å². The fourth-order valence-electron chi connectivity index (χ4n) is 1.66. The summed E-state index contributed by atoms with van der Waals surface area (Å²) in [5.41, 5.74) is 1.82. The van der Waals surface area contributed by atoms with E-state index in [0.29, 0.717) is 6.54 Å². The van der Waals surface area contributed by atoms with E-state index >= 15 is 0 Å². The summed E-state index contributed by atoms with van der Waals surface area (Å²) in [7, 11) is 0. The van der Waals surface area contributed by atoms with Gasteiger partial charge in [-0.1, -0.05) is 13.3 Å². The Balaban J connectivity index is 1.91. The lowest BCUT2D eigenvalue weighted by Crippen LogP contribution is -2.22. The Bertz CT molecular complexity index is 508. The van der Waals surface area contributed by atoms with Crippen LogP contribution in [0.15, 0.2) is 36.0 Å². The largest absolute Gasteiger partial charge is 0.348 e. The number of carbonyl (C=O) groups is 1. The van der Waals surface area contributed by atoms with Gasteiger partial charge in [-0.25, -0.2) is 0 Å². The average molecular weight is 260 g/mol. The monoisotopic (exact) mass is 260 g/mol. The number of aryl methyl sites for hydroxylation is 1. The number of hydrogen-bond acceptors (Lipinski definition) is 3. The fourth-order valence-corrected chi connectivity index (χ4v) is 2.63. The minimum atomic E-state index is -0.00887. The first-order valence-electron chi connectivity index (χ1n) is 6.04. The number of carbonyl (C=O) groups excluding carboxylic acids is 1. The SMILES string of the molecule is CCCc1cc(C(=O)NCc2ccncc2)cs1. The molecule has 0 aliphatic heterocycles. The van der Waals surface area contributed by atoms with Crippen LogP contribution in [0, 0.1) is 0 Å². The van der Waals surface area contributed by atoms with Gasteiger partial charge in [-0.05, 0) is 30.2 Å².